The molecule has 16 heavy (non-hydrogen) atoms. The van der Waals surface area contributed by atoms with Gasteiger partial charge in [-0.1, -0.05) is 37.3 Å². The first-order chi connectivity index (χ1) is 7.81. The molecule has 1 heterocycles. The van der Waals surface area contributed by atoms with Gasteiger partial charge in [-0.2, -0.15) is 0 Å². The van der Waals surface area contributed by atoms with Crippen molar-refractivity contribution in [1.82, 2.24) is 4.98 Å². The lowest BCUT2D eigenvalue weighted by Gasteiger charge is -2.23. The van der Waals surface area contributed by atoms with Crippen LogP contribution in [0.5, 0.6) is 0 Å². The smallest absolute Gasteiger partial charge is 0.0742 e. The third-order valence-corrected chi connectivity index (χ3v) is 4.25. The number of benzene rings is 1. The molecule has 1 aromatic heterocycles. The molecule has 2 unspecified atom stereocenters. The Hall–Kier alpha value is -1.63. The van der Waals surface area contributed by atoms with Gasteiger partial charge >= 0.3 is 0 Å². The summed E-state index contributed by atoms with van der Waals surface area (Å²) >= 11 is 0. The summed E-state index contributed by atoms with van der Waals surface area (Å²) in [5, 5.41) is 0. The summed E-state index contributed by atoms with van der Waals surface area (Å²) in [6.45, 7) is 2.37. The molecule has 0 bridgehead atoms. The molecule has 2 atom stereocenters. The van der Waals surface area contributed by atoms with Crippen molar-refractivity contribution in [3.8, 4) is 11.3 Å². The highest BCUT2D eigenvalue weighted by Crippen LogP contribution is 2.65. The van der Waals surface area contributed by atoms with E-state index in [4.69, 9.17) is 0 Å². The van der Waals surface area contributed by atoms with Gasteiger partial charge in [0.05, 0.1) is 5.69 Å². The maximum Gasteiger partial charge on any atom is 0.0742 e. The van der Waals surface area contributed by atoms with Gasteiger partial charge in [-0.3, -0.25) is 4.98 Å². The zero-order valence-corrected chi connectivity index (χ0v) is 9.27. The third kappa shape index (κ3) is 0.850. The van der Waals surface area contributed by atoms with E-state index in [1.165, 1.54) is 28.8 Å². The van der Waals surface area contributed by atoms with Crippen LogP contribution in [0.2, 0.25) is 0 Å². The molecular formula is C15H13N. The van der Waals surface area contributed by atoms with Crippen LogP contribution >= 0.6 is 0 Å². The normalized spacial score (nSPS) is 28.9. The lowest BCUT2D eigenvalue weighted by molar-refractivity contribution is 0.735. The molecule has 2 aliphatic carbocycles. The van der Waals surface area contributed by atoms with Crippen LogP contribution in [-0.2, 0) is 5.41 Å². The second-order valence-corrected chi connectivity index (χ2v) is 5.16. The first kappa shape index (κ1) is 8.51. The molecule has 1 saturated carbocycles. The number of nitrogens with zero attached hydrogens (tertiary/aromatic N) is 1. The standard InChI is InChI=1S/C15H13N/c1-15-9-13(15)10-5-2-3-6-11(10)14-12(15)7-4-8-16-14/h2-8,13H,9H2,1H3. The lowest BCUT2D eigenvalue weighted by atomic mass is 9.82. The predicted octanol–water partition coefficient (Wildman–Crippen LogP) is 3.51. The first-order valence-corrected chi connectivity index (χ1v) is 5.85. The fourth-order valence-electron chi connectivity index (χ4n) is 3.21. The summed E-state index contributed by atoms with van der Waals surface area (Å²) in [6, 6.07) is 13.0. The van der Waals surface area contributed by atoms with Gasteiger partial charge in [-0.15, -0.1) is 0 Å². The average Bonchev–Trinajstić information content (AvgIpc) is 3.04. The van der Waals surface area contributed by atoms with Crippen molar-refractivity contribution in [3.05, 3.63) is 53.7 Å². The quantitative estimate of drug-likeness (QED) is 0.644. The van der Waals surface area contributed by atoms with E-state index in [9.17, 15) is 0 Å². The highest BCUT2D eigenvalue weighted by atomic mass is 14.7. The van der Waals surface area contributed by atoms with Gasteiger partial charge in [0.15, 0.2) is 0 Å². The molecule has 0 radical (unpaired) electrons. The van der Waals surface area contributed by atoms with E-state index < -0.39 is 0 Å². The zero-order chi connectivity index (χ0) is 10.8. The van der Waals surface area contributed by atoms with Crippen molar-refractivity contribution in [2.24, 2.45) is 0 Å². The van der Waals surface area contributed by atoms with Crippen LogP contribution in [0.3, 0.4) is 0 Å². The van der Waals surface area contributed by atoms with E-state index in [0.717, 1.165) is 5.92 Å². The minimum atomic E-state index is 0.359. The average molecular weight is 207 g/mol. The summed E-state index contributed by atoms with van der Waals surface area (Å²) in [5.41, 5.74) is 5.85. The number of fused-ring (bicyclic) bond motifs is 6. The number of rotatable bonds is 0. The van der Waals surface area contributed by atoms with Crippen molar-refractivity contribution < 1.29 is 0 Å². The number of hydrogen-bond donors (Lipinski definition) is 0. The van der Waals surface area contributed by atoms with Crippen LogP contribution in [0.4, 0.5) is 0 Å². The van der Waals surface area contributed by atoms with E-state index in [-0.39, 0.29) is 0 Å². The summed E-state index contributed by atoms with van der Waals surface area (Å²) in [6.07, 6.45) is 3.18. The number of hydrogen-bond acceptors (Lipinski definition) is 1. The molecular weight excluding hydrogens is 194 g/mol. The molecule has 0 aliphatic heterocycles. The van der Waals surface area contributed by atoms with E-state index >= 15 is 0 Å². The molecule has 1 aromatic carbocycles. The van der Waals surface area contributed by atoms with Crippen molar-refractivity contribution in [1.29, 1.82) is 0 Å². The van der Waals surface area contributed by atoms with Crippen LogP contribution in [0.25, 0.3) is 11.3 Å². The highest BCUT2D eigenvalue weighted by molar-refractivity contribution is 5.75. The minimum absolute atomic E-state index is 0.359. The Morgan fingerprint density at radius 1 is 1.19 bits per heavy atom. The molecule has 0 N–H and O–H groups in total. The van der Waals surface area contributed by atoms with Gasteiger partial charge in [0.2, 0.25) is 0 Å². The molecule has 78 valence electrons. The van der Waals surface area contributed by atoms with Crippen LogP contribution in [0.15, 0.2) is 42.6 Å². The Morgan fingerprint density at radius 2 is 2.06 bits per heavy atom. The summed E-state index contributed by atoms with van der Waals surface area (Å²) in [5.74, 6) is 0.723. The molecule has 0 spiro atoms. The zero-order valence-electron chi connectivity index (χ0n) is 9.27. The Bertz CT molecular complexity index is 587. The van der Waals surface area contributed by atoms with Crippen LogP contribution in [-0.4, -0.2) is 4.98 Å². The molecule has 1 fully saturated rings. The van der Waals surface area contributed by atoms with Crippen molar-refractivity contribution in [3.63, 3.8) is 0 Å². The third-order valence-electron chi connectivity index (χ3n) is 4.25. The SMILES string of the molecule is CC12CC1c1ccccc1-c1ncccc12. The molecule has 2 aliphatic rings. The van der Waals surface area contributed by atoms with E-state index in [2.05, 4.69) is 48.3 Å². The molecule has 0 amide bonds. The van der Waals surface area contributed by atoms with Gasteiger partial charge in [0.1, 0.15) is 0 Å². The summed E-state index contributed by atoms with van der Waals surface area (Å²) < 4.78 is 0. The van der Waals surface area contributed by atoms with Crippen LogP contribution in [0, 0.1) is 0 Å². The lowest BCUT2D eigenvalue weighted by Crippen LogP contribution is -2.12. The van der Waals surface area contributed by atoms with Gasteiger partial charge in [-0.25, -0.2) is 0 Å². The number of aromatic nitrogens is 1. The second kappa shape index (κ2) is 2.54. The monoisotopic (exact) mass is 207 g/mol. The fourth-order valence-corrected chi connectivity index (χ4v) is 3.21. The molecule has 2 aromatic rings. The maximum atomic E-state index is 4.58. The van der Waals surface area contributed by atoms with Crippen LogP contribution < -0.4 is 0 Å². The van der Waals surface area contributed by atoms with Crippen molar-refractivity contribution >= 4 is 0 Å². The minimum Gasteiger partial charge on any atom is -0.256 e. The Balaban J connectivity index is 2.11. The largest absolute Gasteiger partial charge is 0.256 e. The van der Waals surface area contributed by atoms with Crippen molar-refractivity contribution in [2.45, 2.75) is 24.7 Å². The van der Waals surface area contributed by atoms with Gasteiger partial charge in [0.25, 0.3) is 0 Å². The number of pyridine rings is 1. The van der Waals surface area contributed by atoms with E-state index in [0.29, 0.717) is 5.41 Å². The molecule has 0 saturated heterocycles. The summed E-state index contributed by atoms with van der Waals surface area (Å²) in [7, 11) is 0. The van der Waals surface area contributed by atoms with Crippen molar-refractivity contribution in [2.75, 3.05) is 0 Å². The molecule has 1 nitrogen and oxygen atoms in total. The fraction of sp³-hybridized carbons (Fsp3) is 0.267. The van der Waals surface area contributed by atoms with E-state index in [1.807, 2.05) is 6.20 Å². The molecule has 1 heteroatoms. The van der Waals surface area contributed by atoms with Gasteiger partial charge in [-0.05, 0) is 29.5 Å². The van der Waals surface area contributed by atoms with Gasteiger partial charge < -0.3 is 0 Å². The molecule has 4 rings (SSSR count). The topological polar surface area (TPSA) is 12.9 Å². The Morgan fingerprint density at radius 3 is 3.00 bits per heavy atom. The first-order valence-electron chi connectivity index (χ1n) is 5.85. The Kier molecular flexibility index (Phi) is 1.35. The second-order valence-electron chi connectivity index (χ2n) is 5.16. The summed E-state index contributed by atoms with van der Waals surface area (Å²) in [4.78, 5) is 4.58. The van der Waals surface area contributed by atoms with Gasteiger partial charge in [0, 0.05) is 17.2 Å². The van der Waals surface area contributed by atoms with E-state index in [1.54, 1.807) is 0 Å². The predicted molar refractivity (Wildman–Crippen MR) is 64.4 cm³/mol. The Labute approximate surface area is 95.2 Å². The highest BCUT2D eigenvalue weighted by Gasteiger charge is 2.56. The van der Waals surface area contributed by atoms with Crippen LogP contribution in [0.1, 0.15) is 30.4 Å². The maximum absolute atomic E-state index is 4.58.